The van der Waals surface area contributed by atoms with Crippen molar-refractivity contribution in [2.75, 3.05) is 0 Å². The van der Waals surface area contributed by atoms with Crippen LogP contribution < -0.4 is 0 Å². The molecule has 1 fully saturated rings. The topological polar surface area (TPSA) is 31.4 Å². The summed E-state index contributed by atoms with van der Waals surface area (Å²) in [6.45, 7) is 9.32. The van der Waals surface area contributed by atoms with Gasteiger partial charge in [-0.2, -0.15) is 0 Å². The first kappa shape index (κ1) is 14.2. The molecular formula is C14H19BFNO2. The van der Waals surface area contributed by atoms with Crippen LogP contribution in [0.5, 0.6) is 0 Å². The first-order valence-corrected chi connectivity index (χ1v) is 6.37. The van der Waals surface area contributed by atoms with E-state index in [1.807, 2.05) is 33.8 Å². The maximum Gasteiger partial charge on any atom is 0.525 e. The molecule has 0 amide bonds. The van der Waals surface area contributed by atoms with Gasteiger partial charge in [0.25, 0.3) is 0 Å². The van der Waals surface area contributed by atoms with Gasteiger partial charge < -0.3 is 9.31 Å². The van der Waals surface area contributed by atoms with Gasteiger partial charge in [-0.15, -0.1) is 0 Å². The molecule has 0 radical (unpaired) electrons. The van der Waals surface area contributed by atoms with Crippen LogP contribution in [0.25, 0.3) is 5.57 Å². The van der Waals surface area contributed by atoms with Crippen LogP contribution in [-0.4, -0.2) is 23.3 Å². The third-order valence-corrected chi connectivity index (χ3v) is 3.91. The van der Waals surface area contributed by atoms with Gasteiger partial charge in [-0.25, -0.2) is 4.39 Å². The van der Waals surface area contributed by atoms with Gasteiger partial charge >= 0.3 is 7.12 Å². The predicted molar refractivity (Wildman–Crippen MR) is 74.0 cm³/mol. The summed E-state index contributed by atoms with van der Waals surface area (Å²) in [5.74, 6) is 0. The fraction of sp³-hybridized carbons (Fsp3) is 0.500. The summed E-state index contributed by atoms with van der Waals surface area (Å²) >= 11 is 0. The van der Waals surface area contributed by atoms with Gasteiger partial charge in [0.05, 0.1) is 11.2 Å². The van der Waals surface area contributed by atoms with Crippen molar-refractivity contribution in [2.45, 2.75) is 45.8 Å². The van der Waals surface area contributed by atoms with E-state index in [9.17, 15) is 4.39 Å². The Labute approximate surface area is 114 Å². The Hall–Kier alpha value is -1.20. The number of aromatic nitrogens is 1. The number of rotatable bonds is 2. The van der Waals surface area contributed by atoms with E-state index >= 15 is 0 Å². The summed E-state index contributed by atoms with van der Waals surface area (Å²) in [6, 6.07) is 3.59. The van der Waals surface area contributed by atoms with E-state index in [0.29, 0.717) is 5.57 Å². The Kier molecular flexibility index (Phi) is 3.54. The lowest BCUT2D eigenvalue weighted by Crippen LogP contribution is -2.41. The fourth-order valence-electron chi connectivity index (χ4n) is 1.85. The molecule has 0 N–H and O–H groups in total. The van der Waals surface area contributed by atoms with Gasteiger partial charge in [0.2, 0.25) is 0 Å². The number of halogens is 1. The maximum atomic E-state index is 14.5. The number of nitrogens with zero attached hydrogens (tertiary/aromatic N) is 1. The SMILES string of the molecule is CC(=C(F)B1OC(C)(C)C(C)(C)O1)c1cccnc1. The second kappa shape index (κ2) is 4.73. The van der Waals surface area contributed by atoms with Crippen molar-refractivity contribution in [2.24, 2.45) is 0 Å². The van der Waals surface area contributed by atoms with E-state index in [1.54, 1.807) is 25.4 Å². The summed E-state index contributed by atoms with van der Waals surface area (Å²) in [4.78, 5) is 3.99. The van der Waals surface area contributed by atoms with E-state index in [4.69, 9.17) is 9.31 Å². The minimum atomic E-state index is -0.954. The molecule has 1 aromatic heterocycles. The van der Waals surface area contributed by atoms with Gasteiger partial charge in [0.15, 0.2) is 0 Å². The zero-order valence-corrected chi connectivity index (χ0v) is 12.0. The predicted octanol–water partition coefficient (Wildman–Crippen LogP) is 3.41. The monoisotopic (exact) mass is 263 g/mol. The molecule has 1 aliphatic rings. The lowest BCUT2D eigenvalue weighted by molar-refractivity contribution is 0.00578. The first-order valence-electron chi connectivity index (χ1n) is 6.37. The fourth-order valence-corrected chi connectivity index (χ4v) is 1.85. The van der Waals surface area contributed by atoms with Gasteiger partial charge in [-0.3, -0.25) is 4.98 Å². The summed E-state index contributed by atoms with van der Waals surface area (Å²) in [7, 11) is -0.954. The molecule has 1 saturated heterocycles. The van der Waals surface area contributed by atoms with E-state index in [2.05, 4.69) is 4.98 Å². The van der Waals surface area contributed by atoms with Crippen LogP contribution in [0, 0.1) is 0 Å². The Morgan fingerprint density at radius 2 is 1.79 bits per heavy atom. The molecule has 2 rings (SSSR count). The highest BCUT2D eigenvalue weighted by Crippen LogP contribution is 2.40. The molecule has 2 heterocycles. The van der Waals surface area contributed by atoms with Crippen LogP contribution >= 0.6 is 0 Å². The zero-order chi connectivity index (χ0) is 14.3. The Morgan fingerprint density at radius 3 is 2.26 bits per heavy atom. The minimum Gasteiger partial charge on any atom is -0.398 e. The highest BCUT2D eigenvalue weighted by molar-refractivity contribution is 6.55. The standard InChI is InChI=1S/C14H19BFNO2/c1-10(11-7-6-8-17-9-11)12(16)15-18-13(2,3)14(4,5)19-15/h6-9H,1-5H3. The van der Waals surface area contributed by atoms with Crippen LogP contribution in [-0.2, 0) is 9.31 Å². The van der Waals surface area contributed by atoms with Crippen molar-refractivity contribution in [3.8, 4) is 0 Å². The molecule has 0 bridgehead atoms. The molecule has 0 unspecified atom stereocenters. The number of allylic oxidation sites excluding steroid dienone is 1. The highest BCUT2D eigenvalue weighted by Gasteiger charge is 2.53. The molecule has 0 aromatic carbocycles. The van der Waals surface area contributed by atoms with Crippen molar-refractivity contribution < 1.29 is 13.7 Å². The van der Waals surface area contributed by atoms with Crippen LogP contribution in [0.1, 0.15) is 40.2 Å². The second-order valence-corrected chi connectivity index (χ2v) is 5.80. The number of hydrogen-bond donors (Lipinski definition) is 0. The van der Waals surface area contributed by atoms with E-state index in [1.165, 1.54) is 0 Å². The Balaban J connectivity index is 2.29. The van der Waals surface area contributed by atoms with Gasteiger partial charge in [-0.1, -0.05) is 6.07 Å². The summed E-state index contributed by atoms with van der Waals surface area (Å²) in [6.07, 6.45) is 3.28. The zero-order valence-electron chi connectivity index (χ0n) is 12.0. The lowest BCUT2D eigenvalue weighted by atomic mass is 9.83. The smallest absolute Gasteiger partial charge is 0.398 e. The highest BCUT2D eigenvalue weighted by atomic mass is 19.1. The van der Waals surface area contributed by atoms with Crippen LogP contribution in [0.3, 0.4) is 0 Å². The summed E-state index contributed by atoms with van der Waals surface area (Å²) in [5.41, 5.74) is -0.248. The molecule has 3 nitrogen and oxygen atoms in total. The molecule has 1 aromatic rings. The largest absolute Gasteiger partial charge is 0.525 e. The second-order valence-electron chi connectivity index (χ2n) is 5.80. The Morgan fingerprint density at radius 1 is 1.21 bits per heavy atom. The van der Waals surface area contributed by atoms with Crippen LogP contribution in [0.15, 0.2) is 30.3 Å². The molecule has 1 aliphatic heterocycles. The summed E-state index contributed by atoms with van der Waals surface area (Å²) in [5, 5.41) is 0. The quantitative estimate of drug-likeness (QED) is 0.766. The maximum absolute atomic E-state index is 14.5. The Bertz CT molecular complexity index is 483. The minimum absolute atomic E-state index is 0.397. The van der Waals surface area contributed by atoms with Crippen molar-refractivity contribution in [3.63, 3.8) is 0 Å². The first-order chi connectivity index (χ1) is 8.74. The molecule has 0 spiro atoms. The number of hydrogen-bond acceptors (Lipinski definition) is 3. The molecule has 0 atom stereocenters. The molecule has 0 saturated carbocycles. The third kappa shape index (κ3) is 2.58. The normalized spacial score (nSPS) is 22.3. The third-order valence-electron chi connectivity index (χ3n) is 3.91. The van der Waals surface area contributed by atoms with Crippen molar-refractivity contribution in [3.05, 3.63) is 35.8 Å². The van der Waals surface area contributed by atoms with Gasteiger partial charge in [0.1, 0.15) is 5.73 Å². The lowest BCUT2D eigenvalue weighted by Gasteiger charge is -2.32. The van der Waals surface area contributed by atoms with Gasteiger partial charge in [-0.05, 0) is 51.8 Å². The molecule has 0 aliphatic carbocycles. The van der Waals surface area contributed by atoms with E-state index in [-0.39, 0.29) is 0 Å². The van der Waals surface area contributed by atoms with Crippen molar-refractivity contribution in [1.82, 2.24) is 4.98 Å². The van der Waals surface area contributed by atoms with E-state index in [0.717, 1.165) is 5.56 Å². The molecule has 19 heavy (non-hydrogen) atoms. The van der Waals surface area contributed by atoms with Gasteiger partial charge in [0, 0.05) is 12.4 Å². The molecule has 5 heteroatoms. The number of pyridine rings is 1. The van der Waals surface area contributed by atoms with E-state index < -0.39 is 24.0 Å². The van der Waals surface area contributed by atoms with Crippen LogP contribution in [0.2, 0.25) is 0 Å². The molecular weight excluding hydrogens is 244 g/mol. The average molecular weight is 263 g/mol. The summed E-state index contributed by atoms with van der Waals surface area (Å²) < 4.78 is 25.9. The van der Waals surface area contributed by atoms with Crippen LogP contribution in [0.4, 0.5) is 4.39 Å². The molecule has 102 valence electrons. The average Bonchev–Trinajstić information content (AvgIpc) is 2.58. The van der Waals surface area contributed by atoms with Crippen molar-refractivity contribution in [1.29, 1.82) is 0 Å². The van der Waals surface area contributed by atoms with Crippen molar-refractivity contribution >= 4 is 12.7 Å².